The fourth-order valence-corrected chi connectivity index (χ4v) is 4.75. The standard InChI is InChI=1S/C11H12N2O4S3/c1-6-3-9(19-10(6)11(14)15)20(16,17)13-4-8-7(2)12-5-18-8/h3,5,13H,4H2,1-2H3,(H,14,15). The number of nitrogens with one attached hydrogen (secondary N) is 1. The molecule has 0 aliphatic rings. The molecular weight excluding hydrogens is 320 g/mol. The van der Waals surface area contributed by atoms with Crippen molar-refractivity contribution in [2.75, 3.05) is 0 Å². The molecular formula is C11H12N2O4S3. The molecule has 0 unspecified atom stereocenters. The van der Waals surface area contributed by atoms with Crippen molar-refractivity contribution < 1.29 is 18.3 Å². The van der Waals surface area contributed by atoms with E-state index in [-0.39, 0.29) is 15.6 Å². The molecule has 0 bridgehead atoms. The first-order valence-electron chi connectivity index (χ1n) is 5.53. The van der Waals surface area contributed by atoms with Crippen LogP contribution in [0.25, 0.3) is 0 Å². The van der Waals surface area contributed by atoms with E-state index < -0.39 is 16.0 Å². The number of nitrogens with zero attached hydrogens (tertiary/aromatic N) is 1. The Bertz CT molecular complexity index is 746. The van der Waals surface area contributed by atoms with Gasteiger partial charge in [0.1, 0.15) is 9.09 Å². The number of hydrogen-bond acceptors (Lipinski definition) is 6. The highest BCUT2D eigenvalue weighted by Gasteiger charge is 2.21. The van der Waals surface area contributed by atoms with E-state index in [0.29, 0.717) is 5.56 Å². The van der Waals surface area contributed by atoms with Crippen molar-refractivity contribution in [1.29, 1.82) is 0 Å². The van der Waals surface area contributed by atoms with Gasteiger partial charge in [-0.1, -0.05) is 0 Å². The van der Waals surface area contributed by atoms with Crippen molar-refractivity contribution >= 4 is 38.7 Å². The summed E-state index contributed by atoms with van der Waals surface area (Å²) in [4.78, 5) is 15.9. The molecule has 0 spiro atoms. The van der Waals surface area contributed by atoms with Crippen LogP contribution in [0.1, 0.15) is 25.8 Å². The Balaban J connectivity index is 2.20. The lowest BCUT2D eigenvalue weighted by molar-refractivity contribution is 0.0701. The van der Waals surface area contributed by atoms with Crippen LogP contribution >= 0.6 is 22.7 Å². The number of thiophene rings is 1. The van der Waals surface area contributed by atoms with Crippen LogP contribution in [0, 0.1) is 13.8 Å². The molecule has 2 aromatic rings. The molecule has 2 heterocycles. The third-order valence-electron chi connectivity index (χ3n) is 2.62. The molecule has 0 saturated heterocycles. The Kier molecular flexibility index (Phi) is 4.23. The van der Waals surface area contributed by atoms with Crippen molar-refractivity contribution in [2.45, 2.75) is 24.6 Å². The van der Waals surface area contributed by atoms with E-state index in [9.17, 15) is 13.2 Å². The van der Waals surface area contributed by atoms with E-state index in [1.54, 1.807) is 19.4 Å². The first-order valence-corrected chi connectivity index (χ1v) is 8.71. The zero-order valence-corrected chi connectivity index (χ0v) is 13.2. The van der Waals surface area contributed by atoms with E-state index in [4.69, 9.17) is 5.11 Å². The molecule has 108 valence electrons. The van der Waals surface area contributed by atoms with Crippen LogP contribution in [0.15, 0.2) is 15.8 Å². The number of sulfonamides is 1. The number of hydrogen-bond donors (Lipinski definition) is 2. The number of carbonyl (C=O) groups is 1. The number of rotatable bonds is 5. The quantitative estimate of drug-likeness (QED) is 0.873. The summed E-state index contributed by atoms with van der Waals surface area (Å²) in [5, 5.41) is 8.95. The normalized spacial score (nSPS) is 11.7. The van der Waals surface area contributed by atoms with Crippen molar-refractivity contribution in [3.05, 3.63) is 32.6 Å². The van der Waals surface area contributed by atoms with Gasteiger partial charge in [-0.3, -0.25) is 0 Å². The number of carboxylic acids is 1. The maximum atomic E-state index is 12.1. The summed E-state index contributed by atoms with van der Waals surface area (Å²) < 4.78 is 26.7. The van der Waals surface area contributed by atoms with Gasteiger partial charge in [-0.15, -0.1) is 22.7 Å². The maximum Gasteiger partial charge on any atom is 0.346 e. The smallest absolute Gasteiger partial charge is 0.346 e. The second kappa shape index (κ2) is 5.60. The van der Waals surface area contributed by atoms with Crippen LogP contribution in [0.5, 0.6) is 0 Å². The summed E-state index contributed by atoms with van der Waals surface area (Å²) in [6, 6.07) is 1.37. The second-order valence-electron chi connectivity index (χ2n) is 4.07. The van der Waals surface area contributed by atoms with Gasteiger partial charge in [0.15, 0.2) is 0 Å². The number of thiazole rings is 1. The number of aryl methyl sites for hydroxylation is 2. The monoisotopic (exact) mass is 332 g/mol. The van der Waals surface area contributed by atoms with Crippen LogP contribution in [0.3, 0.4) is 0 Å². The summed E-state index contributed by atoms with van der Waals surface area (Å²) in [6.07, 6.45) is 0. The predicted molar refractivity (Wildman–Crippen MR) is 76.9 cm³/mol. The summed E-state index contributed by atoms with van der Waals surface area (Å²) in [5.41, 5.74) is 2.87. The SMILES string of the molecule is Cc1cc(S(=O)(=O)NCc2scnc2C)sc1C(=O)O. The van der Waals surface area contributed by atoms with Gasteiger partial charge in [0.2, 0.25) is 10.0 Å². The fraction of sp³-hybridized carbons (Fsp3) is 0.273. The molecule has 0 saturated carbocycles. The van der Waals surface area contributed by atoms with Gasteiger partial charge in [-0.05, 0) is 25.5 Å². The Morgan fingerprint density at radius 3 is 2.65 bits per heavy atom. The van der Waals surface area contributed by atoms with Gasteiger partial charge in [0.05, 0.1) is 11.2 Å². The van der Waals surface area contributed by atoms with Crippen molar-refractivity contribution in [1.82, 2.24) is 9.71 Å². The molecule has 0 radical (unpaired) electrons. The van der Waals surface area contributed by atoms with Crippen LogP contribution in [-0.2, 0) is 16.6 Å². The number of aromatic carboxylic acids is 1. The van der Waals surface area contributed by atoms with Gasteiger partial charge >= 0.3 is 5.97 Å². The highest BCUT2D eigenvalue weighted by atomic mass is 32.2. The third kappa shape index (κ3) is 3.06. The average molecular weight is 332 g/mol. The maximum absolute atomic E-state index is 12.1. The first-order chi connectivity index (χ1) is 9.31. The number of aromatic nitrogens is 1. The second-order valence-corrected chi connectivity index (χ2v) is 8.05. The molecule has 0 fully saturated rings. The van der Waals surface area contributed by atoms with E-state index in [2.05, 4.69) is 9.71 Å². The lowest BCUT2D eigenvalue weighted by atomic mass is 10.3. The van der Waals surface area contributed by atoms with Crippen molar-refractivity contribution in [3.8, 4) is 0 Å². The van der Waals surface area contributed by atoms with Gasteiger partial charge in [-0.2, -0.15) is 0 Å². The summed E-state index contributed by atoms with van der Waals surface area (Å²) in [7, 11) is -3.70. The Hall–Kier alpha value is -1.29. The summed E-state index contributed by atoms with van der Waals surface area (Å²) in [6.45, 7) is 3.53. The number of carboxylic acid groups (broad SMARTS) is 1. The van der Waals surface area contributed by atoms with Crippen molar-refractivity contribution in [2.24, 2.45) is 0 Å². The van der Waals surface area contributed by atoms with Crippen LogP contribution < -0.4 is 4.72 Å². The highest BCUT2D eigenvalue weighted by Crippen LogP contribution is 2.26. The largest absolute Gasteiger partial charge is 0.477 e. The third-order valence-corrected chi connectivity index (χ3v) is 6.66. The minimum absolute atomic E-state index is 0.00886. The van der Waals surface area contributed by atoms with E-state index in [1.807, 2.05) is 0 Å². The Labute approximate surface area is 124 Å². The predicted octanol–water partition coefficient (Wildman–Crippen LogP) is 2.00. The van der Waals surface area contributed by atoms with Crippen LogP contribution in [0.2, 0.25) is 0 Å². The molecule has 0 atom stereocenters. The van der Waals surface area contributed by atoms with Crippen LogP contribution in [-0.4, -0.2) is 24.5 Å². The lowest BCUT2D eigenvalue weighted by Gasteiger charge is -2.03. The summed E-state index contributed by atoms with van der Waals surface area (Å²) >= 11 is 2.12. The minimum atomic E-state index is -3.70. The zero-order chi connectivity index (χ0) is 14.9. The first kappa shape index (κ1) is 15.1. The molecule has 2 aromatic heterocycles. The Morgan fingerprint density at radius 2 is 2.15 bits per heavy atom. The molecule has 0 aromatic carbocycles. The lowest BCUT2D eigenvalue weighted by Crippen LogP contribution is -2.22. The molecule has 20 heavy (non-hydrogen) atoms. The van der Waals surface area contributed by atoms with Crippen LogP contribution in [0.4, 0.5) is 0 Å². The van der Waals surface area contributed by atoms with E-state index in [1.165, 1.54) is 17.4 Å². The molecule has 0 aliphatic carbocycles. The van der Waals surface area contributed by atoms with Gasteiger partial charge in [-0.25, -0.2) is 22.9 Å². The molecule has 2 N–H and O–H groups in total. The summed E-state index contributed by atoms with van der Waals surface area (Å²) in [5.74, 6) is -1.12. The fourth-order valence-electron chi connectivity index (χ4n) is 1.53. The van der Waals surface area contributed by atoms with Crippen molar-refractivity contribution in [3.63, 3.8) is 0 Å². The van der Waals surface area contributed by atoms with Gasteiger partial charge < -0.3 is 5.11 Å². The van der Waals surface area contributed by atoms with E-state index in [0.717, 1.165) is 21.9 Å². The molecule has 2 rings (SSSR count). The zero-order valence-electron chi connectivity index (χ0n) is 10.7. The highest BCUT2D eigenvalue weighted by molar-refractivity contribution is 7.91. The van der Waals surface area contributed by atoms with E-state index >= 15 is 0 Å². The Morgan fingerprint density at radius 1 is 1.45 bits per heavy atom. The molecule has 9 heteroatoms. The molecule has 6 nitrogen and oxygen atoms in total. The topological polar surface area (TPSA) is 96.4 Å². The minimum Gasteiger partial charge on any atom is -0.477 e. The molecule has 0 amide bonds. The average Bonchev–Trinajstić information content (AvgIpc) is 2.93. The molecule has 0 aliphatic heterocycles. The van der Waals surface area contributed by atoms with Gasteiger partial charge in [0, 0.05) is 11.4 Å². The van der Waals surface area contributed by atoms with Gasteiger partial charge in [0.25, 0.3) is 0 Å².